The van der Waals surface area contributed by atoms with Crippen LogP contribution in [-0.2, 0) is 16.0 Å². The van der Waals surface area contributed by atoms with Gasteiger partial charge >= 0.3 is 0 Å². The third-order valence-electron chi connectivity index (χ3n) is 5.81. The van der Waals surface area contributed by atoms with Crippen LogP contribution in [0.1, 0.15) is 35.7 Å². The van der Waals surface area contributed by atoms with Gasteiger partial charge in [0.05, 0.1) is 6.61 Å². The normalized spacial score (nSPS) is 17.3. The molecule has 0 bridgehead atoms. The molecule has 4 rings (SSSR count). The van der Waals surface area contributed by atoms with E-state index in [0.29, 0.717) is 34.4 Å². The molecule has 2 aromatic carbocycles. The number of rotatable bonds is 5. The van der Waals surface area contributed by atoms with E-state index in [1.54, 1.807) is 6.07 Å². The third-order valence-corrected chi connectivity index (χ3v) is 6.94. The summed E-state index contributed by atoms with van der Waals surface area (Å²) in [6, 6.07) is 17.8. The molecular weight excluding hydrogens is 408 g/mol. The lowest BCUT2D eigenvalue weighted by atomic mass is 9.90. The number of hydrogen-bond donors (Lipinski definition) is 1. The van der Waals surface area contributed by atoms with Gasteiger partial charge in [0.1, 0.15) is 10.7 Å². The molecule has 5 nitrogen and oxygen atoms in total. The molecule has 1 N–H and O–H groups in total. The molecule has 0 atom stereocenters. The fraction of sp³-hybridized carbons (Fsp3) is 0.360. The van der Waals surface area contributed by atoms with Crippen molar-refractivity contribution in [3.8, 4) is 0 Å². The minimum Gasteiger partial charge on any atom is -0.496 e. The molecule has 6 heteroatoms. The smallest absolute Gasteiger partial charge is 0.265 e. The number of ether oxygens (including phenoxy) is 1. The monoisotopic (exact) mass is 436 g/mol. The summed E-state index contributed by atoms with van der Waals surface area (Å²) in [6.07, 6.45) is 3.10. The Morgan fingerprint density at radius 1 is 1.10 bits per heavy atom. The Bertz CT molecular complexity index is 966. The van der Waals surface area contributed by atoms with Crippen molar-refractivity contribution in [3.63, 3.8) is 0 Å². The minimum atomic E-state index is -0.187. The Balaban J connectivity index is 1.35. The Kier molecular flexibility index (Phi) is 6.97. The van der Waals surface area contributed by atoms with Crippen LogP contribution in [0.25, 0.3) is 0 Å². The van der Waals surface area contributed by atoms with Crippen molar-refractivity contribution in [1.29, 1.82) is 0 Å². The highest BCUT2D eigenvalue weighted by Gasteiger charge is 2.24. The van der Waals surface area contributed by atoms with Gasteiger partial charge in [-0.05, 0) is 55.9 Å². The summed E-state index contributed by atoms with van der Waals surface area (Å²) < 4.78 is 5.47. The minimum absolute atomic E-state index is 0.0278. The summed E-state index contributed by atoms with van der Waals surface area (Å²) in [7, 11) is 0. The zero-order valence-electron chi connectivity index (χ0n) is 17.8. The van der Waals surface area contributed by atoms with Crippen LogP contribution in [0.3, 0.4) is 0 Å². The van der Waals surface area contributed by atoms with Gasteiger partial charge in [0, 0.05) is 30.1 Å². The van der Waals surface area contributed by atoms with Gasteiger partial charge in [-0.1, -0.05) is 36.4 Å². The average molecular weight is 437 g/mol. The van der Waals surface area contributed by atoms with Crippen LogP contribution in [0.4, 0.5) is 5.69 Å². The first-order chi connectivity index (χ1) is 15.1. The fourth-order valence-electron chi connectivity index (χ4n) is 4.12. The molecule has 0 aliphatic carbocycles. The van der Waals surface area contributed by atoms with Crippen LogP contribution >= 0.6 is 11.8 Å². The van der Waals surface area contributed by atoms with E-state index in [1.165, 1.54) is 17.3 Å². The number of carbonyl (C=O) groups excluding carboxylic acids is 2. The number of benzene rings is 2. The van der Waals surface area contributed by atoms with E-state index in [9.17, 15) is 9.59 Å². The molecule has 2 aromatic rings. The lowest BCUT2D eigenvalue weighted by molar-refractivity contribution is -0.112. The molecule has 0 radical (unpaired) electrons. The lowest BCUT2D eigenvalue weighted by Crippen LogP contribution is -2.38. The van der Waals surface area contributed by atoms with Crippen LogP contribution in [0.5, 0.6) is 0 Å². The zero-order valence-corrected chi connectivity index (χ0v) is 18.6. The Morgan fingerprint density at radius 3 is 2.61 bits per heavy atom. The molecule has 2 aliphatic heterocycles. The van der Waals surface area contributed by atoms with Gasteiger partial charge in [-0.25, -0.2) is 0 Å². The van der Waals surface area contributed by atoms with Crippen LogP contribution in [0, 0.1) is 5.92 Å². The highest BCUT2D eigenvalue weighted by atomic mass is 32.2. The SMILES string of the molecule is CC1=C(C(=O)Nc2cccc(C(=O)N3CCC(Cc4ccccc4)CC3)c2)SCCO1. The number of likely N-dealkylation sites (tertiary alicyclic amines) is 1. The van der Waals surface area contributed by atoms with Gasteiger partial charge in [-0.15, -0.1) is 11.8 Å². The molecule has 1 saturated heterocycles. The van der Waals surface area contributed by atoms with Crippen molar-refractivity contribution in [2.75, 3.05) is 30.8 Å². The van der Waals surface area contributed by atoms with Gasteiger partial charge < -0.3 is 15.0 Å². The maximum atomic E-state index is 13.0. The predicted molar refractivity (Wildman–Crippen MR) is 125 cm³/mol. The number of anilines is 1. The summed E-state index contributed by atoms with van der Waals surface area (Å²) in [4.78, 5) is 28.1. The number of thioether (sulfide) groups is 1. The number of amides is 2. The molecule has 0 saturated carbocycles. The first kappa shape index (κ1) is 21.5. The molecule has 0 unspecified atom stereocenters. The van der Waals surface area contributed by atoms with Crippen molar-refractivity contribution in [1.82, 2.24) is 4.90 Å². The Morgan fingerprint density at radius 2 is 1.87 bits per heavy atom. The van der Waals surface area contributed by atoms with Crippen LogP contribution < -0.4 is 5.32 Å². The number of piperidine rings is 1. The Labute approximate surface area is 187 Å². The van der Waals surface area contributed by atoms with Crippen molar-refractivity contribution in [2.24, 2.45) is 5.92 Å². The fourth-order valence-corrected chi connectivity index (χ4v) is 4.93. The second-order valence-corrected chi connectivity index (χ2v) is 9.15. The largest absolute Gasteiger partial charge is 0.496 e. The highest BCUT2D eigenvalue weighted by Crippen LogP contribution is 2.27. The van der Waals surface area contributed by atoms with Crippen LogP contribution in [-0.4, -0.2) is 42.2 Å². The highest BCUT2D eigenvalue weighted by molar-refractivity contribution is 8.04. The molecule has 1 fully saturated rings. The molecule has 0 spiro atoms. The molecule has 2 amide bonds. The van der Waals surface area contributed by atoms with Gasteiger partial charge in [-0.2, -0.15) is 0 Å². The number of hydrogen-bond acceptors (Lipinski definition) is 4. The number of nitrogens with one attached hydrogen (secondary N) is 1. The standard InChI is InChI=1S/C25H28N2O3S/c1-18-23(31-15-14-30-18)24(28)26-22-9-5-8-21(17-22)25(29)27-12-10-20(11-13-27)16-19-6-3-2-4-7-19/h2-9,17,20H,10-16H2,1H3,(H,26,28). The quantitative estimate of drug-likeness (QED) is 0.737. The van der Waals surface area contributed by atoms with E-state index in [-0.39, 0.29) is 11.8 Å². The van der Waals surface area contributed by atoms with Crippen molar-refractivity contribution >= 4 is 29.3 Å². The van der Waals surface area contributed by atoms with E-state index >= 15 is 0 Å². The number of nitrogens with zero attached hydrogens (tertiary/aromatic N) is 1. The summed E-state index contributed by atoms with van der Waals surface area (Å²) in [5.41, 5.74) is 2.60. The molecule has 162 valence electrons. The molecule has 31 heavy (non-hydrogen) atoms. The topological polar surface area (TPSA) is 58.6 Å². The summed E-state index contributed by atoms with van der Waals surface area (Å²) >= 11 is 1.50. The molecule has 2 heterocycles. The second-order valence-electron chi connectivity index (χ2n) is 8.04. The summed E-state index contributed by atoms with van der Waals surface area (Å²) in [5, 5.41) is 2.91. The molecular formula is C25H28N2O3S. The van der Waals surface area contributed by atoms with E-state index in [0.717, 1.165) is 38.1 Å². The van der Waals surface area contributed by atoms with E-state index in [2.05, 4.69) is 29.6 Å². The lowest BCUT2D eigenvalue weighted by Gasteiger charge is -2.32. The van der Waals surface area contributed by atoms with Crippen molar-refractivity contribution in [3.05, 3.63) is 76.4 Å². The zero-order chi connectivity index (χ0) is 21.6. The number of allylic oxidation sites excluding steroid dienone is 1. The maximum absolute atomic E-state index is 13.0. The van der Waals surface area contributed by atoms with Crippen molar-refractivity contribution in [2.45, 2.75) is 26.2 Å². The van der Waals surface area contributed by atoms with Crippen LogP contribution in [0.15, 0.2) is 65.3 Å². The van der Waals surface area contributed by atoms with E-state index < -0.39 is 0 Å². The van der Waals surface area contributed by atoms with Gasteiger partial charge in [0.2, 0.25) is 0 Å². The predicted octanol–water partition coefficient (Wildman–Crippen LogP) is 4.71. The van der Waals surface area contributed by atoms with E-state index in [1.807, 2.05) is 36.1 Å². The first-order valence-corrected chi connectivity index (χ1v) is 11.8. The van der Waals surface area contributed by atoms with Gasteiger partial charge in [0.15, 0.2) is 0 Å². The second kappa shape index (κ2) is 10.1. The van der Waals surface area contributed by atoms with Crippen LogP contribution in [0.2, 0.25) is 0 Å². The third kappa shape index (κ3) is 5.50. The van der Waals surface area contributed by atoms with Gasteiger partial charge in [-0.3, -0.25) is 9.59 Å². The summed E-state index contributed by atoms with van der Waals surface area (Å²) in [5.74, 6) is 1.87. The maximum Gasteiger partial charge on any atom is 0.265 e. The summed E-state index contributed by atoms with van der Waals surface area (Å²) in [6.45, 7) is 3.97. The van der Waals surface area contributed by atoms with E-state index in [4.69, 9.17) is 4.74 Å². The first-order valence-electron chi connectivity index (χ1n) is 10.8. The average Bonchev–Trinajstić information content (AvgIpc) is 2.80. The van der Waals surface area contributed by atoms with Crippen molar-refractivity contribution < 1.29 is 14.3 Å². The van der Waals surface area contributed by atoms with Gasteiger partial charge in [0.25, 0.3) is 11.8 Å². The number of carbonyl (C=O) groups is 2. The molecule has 2 aliphatic rings. The molecule has 0 aromatic heterocycles. The Hall–Kier alpha value is -2.73.